The number of hydrogen-bond donors (Lipinski definition) is 1. The van der Waals surface area contributed by atoms with Crippen LogP contribution >= 0.6 is 0 Å². The van der Waals surface area contributed by atoms with Gasteiger partial charge in [0.25, 0.3) is 5.56 Å². The lowest BCUT2D eigenvalue weighted by Crippen LogP contribution is -2.48. The normalized spacial score (nSPS) is 15.5. The number of rotatable bonds is 6. The third-order valence-corrected chi connectivity index (χ3v) is 6.22. The summed E-state index contributed by atoms with van der Waals surface area (Å²) >= 11 is 0. The van der Waals surface area contributed by atoms with E-state index in [-0.39, 0.29) is 19.1 Å². The third-order valence-electron chi connectivity index (χ3n) is 6.22. The van der Waals surface area contributed by atoms with Crippen molar-refractivity contribution in [2.45, 2.75) is 32.0 Å². The van der Waals surface area contributed by atoms with Crippen LogP contribution in [0.15, 0.2) is 64.2 Å². The minimum atomic E-state index is -0.476. The van der Waals surface area contributed by atoms with Gasteiger partial charge in [-0.25, -0.2) is 9.59 Å². The highest BCUT2D eigenvalue weighted by Crippen LogP contribution is 2.19. The Kier molecular flexibility index (Phi) is 7.13. The largest absolute Gasteiger partial charge is 0.465 e. The second kappa shape index (κ2) is 10.4. The Morgan fingerprint density at radius 3 is 2.54 bits per heavy atom. The van der Waals surface area contributed by atoms with Crippen LogP contribution in [0.3, 0.4) is 0 Å². The quantitative estimate of drug-likeness (QED) is 0.541. The van der Waals surface area contributed by atoms with E-state index in [0.29, 0.717) is 41.2 Å². The number of methoxy groups -OCH3 is 1. The van der Waals surface area contributed by atoms with Crippen LogP contribution < -0.4 is 21.9 Å². The molecule has 9 nitrogen and oxygen atoms in total. The van der Waals surface area contributed by atoms with Crippen molar-refractivity contribution in [1.82, 2.24) is 9.13 Å². The molecule has 0 amide bonds. The molecule has 2 aromatic carbocycles. The summed E-state index contributed by atoms with van der Waals surface area (Å²) in [6.07, 6.45) is 1.75. The summed E-state index contributed by atoms with van der Waals surface area (Å²) in [6, 6.07) is 17.2. The van der Waals surface area contributed by atoms with E-state index < -0.39 is 17.2 Å². The first-order chi connectivity index (χ1) is 16.9. The monoisotopic (exact) mass is 473 g/mol. The molecule has 0 spiro atoms. The molecule has 180 valence electrons. The molecule has 1 aromatic heterocycles. The molecule has 2 heterocycles. The predicted molar refractivity (Wildman–Crippen MR) is 132 cm³/mol. The van der Waals surface area contributed by atoms with Gasteiger partial charge in [0.05, 0.1) is 37.4 Å². The number of hydrogen-bond acceptors (Lipinski definition) is 7. The van der Waals surface area contributed by atoms with Crippen molar-refractivity contribution in [3.05, 3.63) is 97.7 Å². The number of nitrogens with zero attached hydrogens (tertiary/aromatic N) is 4. The Labute approximate surface area is 202 Å². The molecule has 3 aromatic rings. The molecule has 1 atom stereocenters. The van der Waals surface area contributed by atoms with E-state index in [2.05, 4.69) is 6.07 Å². The fourth-order valence-electron chi connectivity index (χ4n) is 4.36. The molecule has 0 aliphatic carbocycles. The number of nitriles is 1. The highest BCUT2D eigenvalue weighted by molar-refractivity contribution is 5.89. The Bertz CT molecular complexity index is 1380. The lowest BCUT2D eigenvalue weighted by atomic mass is 10.1. The van der Waals surface area contributed by atoms with Crippen molar-refractivity contribution in [3.63, 3.8) is 0 Å². The number of benzene rings is 2. The summed E-state index contributed by atoms with van der Waals surface area (Å²) in [6.45, 7) is 1.41. The van der Waals surface area contributed by atoms with Crippen LogP contribution in [0.4, 0.5) is 5.82 Å². The lowest BCUT2D eigenvalue weighted by Gasteiger charge is -2.34. The van der Waals surface area contributed by atoms with Gasteiger partial charge < -0.3 is 15.4 Å². The van der Waals surface area contributed by atoms with Crippen molar-refractivity contribution in [2.24, 2.45) is 5.73 Å². The van der Waals surface area contributed by atoms with Crippen LogP contribution in [0.1, 0.15) is 39.9 Å². The van der Waals surface area contributed by atoms with E-state index in [4.69, 9.17) is 10.5 Å². The summed E-state index contributed by atoms with van der Waals surface area (Å²) in [7, 11) is 1.31. The van der Waals surface area contributed by atoms with Crippen molar-refractivity contribution in [2.75, 3.05) is 25.1 Å². The number of esters is 1. The standard InChI is InChI=1S/C26H27N5O4/c1-35-25(33)19-10-8-18(9-11-19)15-31-24(32)13-23(29-12-4-7-22(28)17-29)30(26(31)34)16-21-6-3-2-5-20(21)14-27/h2-3,5-6,8-11,13,22H,4,7,12,15-17,28H2,1H3/t22-/m1/s1. The molecular weight excluding hydrogens is 446 g/mol. The SMILES string of the molecule is COC(=O)c1ccc(Cn2c(=O)cc(N3CCC[C@@H](N)C3)n(Cc3ccccc3C#N)c2=O)cc1. The topological polar surface area (TPSA) is 123 Å². The van der Waals surface area contributed by atoms with Gasteiger partial charge in [0, 0.05) is 25.2 Å². The zero-order valence-corrected chi connectivity index (χ0v) is 19.5. The third kappa shape index (κ3) is 5.18. The lowest BCUT2D eigenvalue weighted by molar-refractivity contribution is 0.0600. The summed E-state index contributed by atoms with van der Waals surface area (Å²) in [5.74, 6) is 0.0384. The highest BCUT2D eigenvalue weighted by Gasteiger charge is 2.23. The number of aromatic nitrogens is 2. The summed E-state index contributed by atoms with van der Waals surface area (Å²) in [5.41, 5.74) is 7.50. The maximum atomic E-state index is 13.7. The zero-order chi connectivity index (χ0) is 24.9. The van der Waals surface area contributed by atoms with Gasteiger partial charge in [-0.15, -0.1) is 0 Å². The summed E-state index contributed by atoms with van der Waals surface area (Å²) in [5, 5.41) is 9.54. The van der Waals surface area contributed by atoms with Crippen molar-refractivity contribution >= 4 is 11.8 Å². The fraction of sp³-hybridized carbons (Fsp3) is 0.308. The summed E-state index contributed by atoms with van der Waals surface area (Å²) < 4.78 is 7.42. The van der Waals surface area contributed by atoms with E-state index in [1.165, 1.54) is 13.2 Å². The van der Waals surface area contributed by atoms with Gasteiger partial charge in [-0.05, 0) is 42.2 Å². The molecule has 1 saturated heterocycles. The molecule has 0 saturated carbocycles. The van der Waals surface area contributed by atoms with Crippen LogP contribution in [0.2, 0.25) is 0 Å². The molecular formula is C26H27N5O4. The van der Waals surface area contributed by atoms with Gasteiger partial charge in [-0.3, -0.25) is 13.9 Å². The Morgan fingerprint density at radius 2 is 1.86 bits per heavy atom. The van der Waals surface area contributed by atoms with E-state index >= 15 is 0 Å². The highest BCUT2D eigenvalue weighted by atomic mass is 16.5. The van der Waals surface area contributed by atoms with Crippen LogP contribution in [0, 0.1) is 11.3 Å². The molecule has 0 unspecified atom stereocenters. The molecule has 4 rings (SSSR count). The van der Waals surface area contributed by atoms with E-state index in [1.807, 2.05) is 11.0 Å². The molecule has 9 heteroatoms. The van der Waals surface area contributed by atoms with E-state index in [1.54, 1.807) is 47.0 Å². The Hall–Kier alpha value is -4.16. The summed E-state index contributed by atoms with van der Waals surface area (Å²) in [4.78, 5) is 40.5. The van der Waals surface area contributed by atoms with Crippen LogP contribution in [-0.4, -0.2) is 41.3 Å². The average Bonchev–Trinajstić information content (AvgIpc) is 2.88. The second-order valence-electron chi connectivity index (χ2n) is 8.60. The van der Waals surface area contributed by atoms with Crippen molar-refractivity contribution in [3.8, 4) is 6.07 Å². The van der Waals surface area contributed by atoms with E-state index in [0.717, 1.165) is 17.4 Å². The Balaban J connectivity index is 1.78. The van der Waals surface area contributed by atoms with Crippen molar-refractivity contribution in [1.29, 1.82) is 5.26 Å². The van der Waals surface area contributed by atoms with Crippen LogP contribution in [0.25, 0.3) is 0 Å². The minimum absolute atomic E-state index is 0.0405. The molecule has 1 fully saturated rings. The van der Waals surface area contributed by atoms with Gasteiger partial charge in [-0.1, -0.05) is 30.3 Å². The number of anilines is 1. The van der Waals surface area contributed by atoms with Gasteiger partial charge in [-0.2, -0.15) is 5.26 Å². The predicted octanol–water partition coefficient (Wildman–Crippen LogP) is 1.69. The number of nitrogens with two attached hydrogens (primary N) is 1. The van der Waals surface area contributed by atoms with Gasteiger partial charge >= 0.3 is 11.7 Å². The molecule has 0 radical (unpaired) electrons. The number of carbonyl (C=O) groups excluding carboxylic acids is 1. The molecule has 35 heavy (non-hydrogen) atoms. The second-order valence-corrected chi connectivity index (χ2v) is 8.60. The first-order valence-electron chi connectivity index (χ1n) is 11.4. The first kappa shape index (κ1) is 24.0. The number of piperidine rings is 1. The maximum Gasteiger partial charge on any atom is 0.337 e. The van der Waals surface area contributed by atoms with Gasteiger partial charge in [0.15, 0.2) is 0 Å². The maximum absolute atomic E-state index is 13.7. The molecule has 1 aliphatic rings. The van der Waals surface area contributed by atoms with Crippen LogP contribution in [0.5, 0.6) is 0 Å². The minimum Gasteiger partial charge on any atom is -0.465 e. The zero-order valence-electron chi connectivity index (χ0n) is 19.5. The number of ether oxygens (including phenoxy) is 1. The molecule has 0 bridgehead atoms. The van der Waals surface area contributed by atoms with Crippen molar-refractivity contribution < 1.29 is 9.53 Å². The molecule has 2 N–H and O–H groups in total. The number of carbonyl (C=O) groups is 1. The fourth-order valence-corrected chi connectivity index (χ4v) is 4.36. The van der Waals surface area contributed by atoms with Gasteiger partial charge in [0.2, 0.25) is 0 Å². The molecule has 1 aliphatic heterocycles. The average molecular weight is 474 g/mol. The van der Waals surface area contributed by atoms with E-state index in [9.17, 15) is 19.6 Å². The Morgan fingerprint density at radius 1 is 1.11 bits per heavy atom. The smallest absolute Gasteiger partial charge is 0.337 e. The van der Waals surface area contributed by atoms with Gasteiger partial charge in [0.1, 0.15) is 5.82 Å². The van der Waals surface area contributed by atoms with Crippen LogP contribution in [-0.2, 0) is 17.8 Å². The first-order valence-corrected chi connectivity index (χ1v) is 11.4.